The molecule has 7 heteroatoms. The van der Waals surface area contributed by atoms with Crippen molar-refractivity contribution in [3.05, 3.63) is 188 Å². The second-order valence-electron chi connectivity index (χ2n) is 14.7. The largest absolute Gasteiger partial charge is 0.454 e. The number of nitrogens with zero attached hydrogens (tertiary/aromatic N) is 6. The number of fused-ring (bicyclic) bond motifs is 10. The van der Waals surface area contributed by atoms with Gasteiger partial charge in [0, 0.05) is 54.7 Å². The normalized spacial score (nSPS) is 11.7. The molecule has 0 atom stereocenters. The topological polar surface area (TPSA) is 85.5 Å². The lowest BCUT2D eigenvalue weighted by molar-refractivity contribution is 0.666. The van der Waals surface area contributed by atoms with Crippen LogP contribution in [0.25, 0.3) is 111 Å². The van der Waals surface area contributed by atoms with E-state index in [-0.39, 0.29) is 0 Å². The van der Waals surface area contributed by atoms with Gasteiger partial charge in [-0.15, -0.1) is 0 Å². The quantitative estimate of drug-likeness (QED) is 0.175. The Balaban J connectivity index is 1.22. The summed E-state index contributed by atoms with van der Waals surface area (Å²) in [6.45, 7) is 0. The highest BCUT2D eigenvalue weighted by Crippen LogP contribution is 2.46. The third-order valence-corrected chi connectivity index (χ3v) is 11.4. The Kier molecular flexibility index (Phi) is 7.16. The summed E-state index contributed by atoms with van der Waals surface area (Å²) >= 11 is 0. The first-order valence-corrected chi connectivity index (χ1v) is 19.5. The summed E-state index contributed by atoms with van der Waals surface area (Å²) in [5.74, 6) is 1.43. The number of rotatable bonds is 5. The van der Waals surface area contributed by atoms with Crippen molar-refractivity contribution >= 4 is 65.6 Å². The highest BCUT2D eigenvalue weighted by atomic mass is 16.3. The number of furan rings is 1. The molecule has 4 heterocycles. The van der Waals surface area contributed by atoms with Crippen LogP contribution in [0.2, 0.25) is 0 Å². The summed E-state index contributed by atoms with van der Waals surface area (Å²) in [5, 5.41) is 17.4. The maximum atomic E-state index is 11.2. The zero-order chi connectivity index (χ0) is 39.0. The van der Waals surface area contributed by atoms with Crippen molar-refractivity contribution in [1.82, 2.24) is 24.1 Å². The van der Waals surface area contributed by atoms with Crippen LogP contribution in [0, 0.1) is 11.3 Å². The van der Waals surface area contributed by atoms with E-state index in [9.17, 15) is 5.26 Å². The molecule has 7 nitrogen and oxygen atoms in total. The molecule has 0 unspecified atom stereocenters. The van der Waals surface area contributed by atoms with Gasteiger partial charge in [-0.1, -0.05) is 140 Å². The number of nitriles is 1. The van der Waals surface area contributed by atoms with Gasteiger partial charge in [-0.25, -0.2) is 15.0 Å². The summed E-state index contributed by atoms with van der Waals surface area (Å²) in [5.41, 5.74) is 10.1. The molecule has 0 aliphatic rings. The van der Waals surface area contributed by atoms with E-state index in [1.165, 1.54) is 10.8 Å². The Morgan fingerprint density at radius 2 is 1.02 bits per heavy atom. The predicted octanol–water partition coefficient (Wildman–Crippen LogP) is 12.8. The molecular weight excluding hydrogens is 725 g/mol. The molecule has 0 amide bonds. The average Bonchev–Trinajstić information content (AvgIpc) is 3.97. The molecule has 274 valence electrons. The molecule has 0 radical (unpaired) electrons. The maximum absolute atomic E-state index is 11.2. The van der Waals surface area contributed by atoms with Crippen molar-refractivity contribution in [3.63, 3.8) is 0 Å². The fourth-order valence-electron chi connectivity index (χ4n) is 8.90. The molecule has 0 saturated heterocycles. The van der Waals surface area contributed by atoms with Crippen LogP contribution in [-0.4, -0.2) is 24.1 Å². The lowest BCUT2D eigenvalue weighted by atomic mass is 9.98. The third-order valence-electron chi connectivity index (χ3n) is 11.4. The van der Waals surface area contributed by atoms with Crippen LogP contribution in [0.3, 0.4) is 0 Å². The molecule has 8 aromatic carbocycles. The molecule has 0 fully saturated rings. The van der Waals surface area contributed by atoms with Crippen LogP contribution >= 0.6 is 0 Å². The van der Waals surface area contributed by atoms with E-state index in [4.69, 9.17) is 19.4 Å². The van der Waals surface area contributed by atoms with E-state index in [1.807, 2.05) is 91.0 Å². The predicted molar refractivity (Wildman–Crippen MR) is 237 cm³/mol. The Morgan fingerprint density at radius 1 is 0.458 bits per heavy atom. The highest BCUT2D eigenvalue weighted by Gasteiger charge is 2.27. The smallest absolute Gasteiger partial charge is 0.166 e. The zero-order valence-electron chi connectivity index (χ0n) is 31.4. The van der Waals surface area contributed by atoms with Gasteiger partial charge in [0.15, 0.2) is 23.1 Å². The number of aromatic nitrogens is 5. The van der Waals surface area contributed by atoms with E-state index >= 15 is 0 Å². The lowest BCUT2D eigenvalue weighted by Gasteiger charge is -2.14. The Bertz CT molecular complexity index is 3610. The van der Waals surface area contributed by atoms with Crippen LogP contribution in [0.5, 0.6) is 0 Å². The van der Waals surface area contributed by atoms with Gasteiger partial charge in [-0.2, -0.15) is 5.26 Å². The molecule has 4 aromatic heterocycles. The molecule has 12 aromatic rings. The Labute approximate surface area is 337 Å². The first-order chi connectivity index (χ1) is 29.2. The van der Waals surface area contributed by atoms with E-state index < -0.39 is 0 Å². The molecule has 0 bridgehead atoms. The van der Waals surface area contributed by atoms with Gasteiger partial charge in [-0.05, 0) is 42.5 Å². The summed E-state index contributed by atoms with van der Waals surface area (Å²) in [4.78, 5) is 15.2. The monoisotopic (exact) mass is 754 g/mol. The van der Waals surface area contributed by atoms with Crippen molar-refractivity contribution in [2.24, 2.45) is 0 Å². The van der Waals surface area contributed by atoms with Crippen LogP contribution in [-0.2, 0) is 0 Å². The van der Waals surface area contributed by atoms with Crippen LogP contribution < -0.4 is 0 Å². The number of benzene rings is 8. The Morgan fingerprint density at radius 3 is 1.69 bits per heavy atom. The van der Waals surface area contributed by atoms with E-state index in [2.05, 4.69) is 106 Å². The fraction of sp³-hybridized carbons (Fsp3) is 0. The molecule has 0 aliphatic carbocycles. The number of para-hydroxylation sites is 4. The van der Waals surface area contributed by atoms with Crippen LogP contribution in [0.15, 0.2) is 186 Å². The van der Waals surface area contributed by atoms with Gasteiger partial charge in [0.2, 0.25) is 0 Å². The molecule has 0 N–H and O–H groups in total. The average molecular weight is 755 g/mol. The van der Waals surface area contributed by atoms with Crippen molar-refractivity contribution in [1.29, 1.82) is 5.26 Å². The molecule has 12 rings (SSSR count). The third kappa shape index (κ3) is 4.90. The van der Waals surface area contributed by atoms with Gasteiger partial charge < -0.3 is 13.6 Å². The van der Waals surface area contributed by atoms with Crippen molar-refractivity contribution in [3.8, 4) is 51.6 Å². The van der Waals surface area contributed by atoms with Gasteiger partial charge in [0.1, 0.15) is 5.58 Å². The second-order valence-corrected chi connectivity index (χ2v) is 14.7. The second kappa shape index (κ2) is 12.8. The lowest BCUT2D eigenvalue weighted by Crippen LogP contribution is -2.03. The maximum Gasteiger partial charge on any atom is 0.166 e. The minimum absolute atomic E-state index is 0.397. The first-order valence-electron chi connectivity index (χ1n) is 19.5. The number of hydrogen-bond donors (Lipinski definition) is 0. The van der Waals surface area contributed by atoms with Crippen LogP contribution in [0.1, 0.15) is 5.56 Å². The van der Waals surface area contributed by atoms with Crippen LogP contribution in [0.4, 0.5) is 0 Å². The zero-order valence-corrected chi connectivity index (χ0v) is 31.4. The van der Waals surface area contributed by atoms with Crippen molar-refractivity contribution in [2.45, 2.75) is 0 Å². The molecule has 0 saturated carbocycles. The molecule has 59 heavy (non-hydrogen) atoms. The highest BCUT2D eigenvalue weighted by molar-refractivity contribution is 6.27. The molecular formula is C52H30N6O. The van der Waals surface area contributed by atoms with E-state index in [0.717, 1.165) is 66.1 Å². The minimum atomic E-state index is 0.397. The van der Waals surface area contributed by atoms with Crippen molar-refractivity contribution < 1.29 is 4.42 Å². The molecule has 0 aliphatic heterocycles. The minimum Gasteiger partial charge on any atom is -0.454 e. The van der Waals surface area contributed by atoms with Crippen molar-refractivity contribution in [2.75, 3.05) is 0 Å². The molecule has 0 spiro atoms. The summed E-state index contributed by atoms with van der Waals surface area (Å²) in [6, 6.07) is 64.3. The fourth-order valence-corrected chi connectivity index (χ4v) is 8.90. The Hall–Kier alpha value is -8.34. The standard InChI is InChI=1S/C52H30N6O/c53-31-34-30-43(58-41-26-14-11-23-38(41)46-42(58)29-28-37-36-22-10-13-25-40(36)57(48(37)46)35-20-8-3-9-21-35)49-47(39-24-12-15-27-44(39)59-49)45(34)52-55-50(32-16-4-1-5-17-32)54-51(56-52)33-18-6-2-7-19-33/h1-30H. The summed E-state index contributed by atoms with van der Waals surface area (Å²) < 4.78 is 11.5. The van der Waals surface area contributed by atoms with E-state index in [1.54, 1.807) is 0 Å². The first kappa shape index (κ1) is 32.9. The van der Waals surface area contributed by atoms with E-state index in [0.29, 0.717) is 39.8 Å². The summed E-state index contributed by atoms with van der Waals surface area (Å²) in [6.07, 6.45) is 0. The van der Waals surface area contributed by atoms with Gasteiger partial charge in [-0.3, -0.25) is 0 Å². The SMILES string of the molecule is N#Cc1cc(-n2c3ccccc3c3c2ccc2c4ccccc4n(-c4ccccc4)c23)c2oc3ccccc3c2c1-c1nc(-c2ccccc2)nc(-c2ccccc2)n1. The van der Waals surface area contributed by atoms with Gasteiger partial charge >= 0.3 is 0 Å². The number of hydrogen-bond acceptors (Lipinski definition) is 5. The van der Waals surface area contributed by atoms with Gasteiger partial charge in [0.25, 0.3) is 0 Å². The summed E-state index contributed by atoms with van der Waals surface area (Å²) in [7, 11) is 0. The van der Waals surface area contributed by atoms with Gasteiger partial charge in [0.05, 0.1) is 39.4 Å².